The Hall–Kier alpha value is -2.68. The molecule has 3 N–H and O–H groups in total. The summed E-state index contributed by atoms with van der Waals surface area (Å²) < 4.78 is 13.4. The smallest absolute Gasteiger partial charge is 0.252 e. The molecule has 2 aromatic heterocycles. The molecule has 0 atom stereocenters. The van der Waals surface area contributed by atoms with Crippen molar-refractivity contribution in [3.05, 3.63) is 52.3 Å². The number of hydrogen-bond acceptors (Lipinski definition) is 5. The summed E-state index contributed by atoms with van der Waals surface area (Å²) >= 11 is 1.40. The number of nitrogens with zero attached hydrogens (tertiary/aromatic N) is 2. The maximum absolute atomic E-state index is 13.4. The van der Waals surface area contributed by atoms with Gasteiger partial charge in [0.1, 0.15) is 12.1 Å². The topological polar surface area (TPSA) is 104 Å². The Morgan fingerprint density at radius 2 is 2.22 bits per heavy atom. The number of thioether (sulfide) groups is 1. The Labute approximate surface area is 133 Å². The number of carbonyl (C=O) groups is 1. The lowest BCUT2D eigenvalue weighted by Gasteiger charge is -2.07. The fourth-order valence-corrected chi connectivity index (χ4v) is 2.72. The number of nitrogens with one attached hydrogen (secondary N) is 3. The summed E-state index contributed by atoms with van der Waals surface area (Å²) in [6.07, 6.45) is 1.40. The number of aromatic nitrogens is 4. The first-order chi connectivity index (χ1) is 11.1. The summed E-state index contributed by atoms with van der Waals surface area (Å²) in [5.41, 5.74) is 0.151. The molecule has 0 saturated carbocycles. The van der Waals surface area contributed by atoms with Crippen LogP contribution in [0.5, 0.6) is 0 Å². The van der Waals surface area contributed by atoms with E-state index in [9.17, 15) is 14.0 Å². The molecule has 0 aliphatic rings. The second kappa shape index (κ2) is 6.61. The lowest BCUT2D eigenvalue weighted by Crippen LogP contribution is -2.27. The van der Waals surface area contributed by atoms with Gasteiger partial charge in [-0.2, -0.15) is 5.10 Å². The van der Waals surface area contributed by atoms with Crippen molar-refractivity contribution in [1.29, 1.82) is 0 Å². The Kier molecular flexibility index (Phi) is 4.38. The summed E-state index contributed by atoms with van der Waals surface area (Å²) in [6, 6.07) is 5.06. The molecule has 118 valence electrons. The Bertz CT molecular complexity index is 894. The van der Waals surface area contributed by atoms with Crippen LogP contribution in [-0.4, -0.2) is 38.4 Å². The van der Waals surface area contributed by atoms with E-state index in [1.807, 2.05) is 0 Å². The van der Waals surface area contributed by atoms with Crippen LogP contribution in [0.25, 0.3) is 10.9 Å². The fourth-order valence-electron chi connectivity index (χ4n) is 2.09. The van der Waals surface area contributed by atoms with Gasteiger partial charge in [0, 0.05) is 29.3 Å². The van der Waals surface area contributed by atoms with Crippen molar-refractivity contribution in [3.63, 3.8) is 0 Å². The average Bonchev–Trinajstić information content (AvgIpc) is 3.04. The first-order valence-electron chi connectivity index (χ1n) is 6.72. The van der Waals surface area contributed by atoms with Gasteiger partial charge in [-0.3, -0.25) is 14.7 Å². The van der Waals surface area contributed by atoms with Crippen LogP contribution in [0, 0.1) is 5.82 Å². The second-order valence-electron chi connectivity index (χ2n) is 4.63. The molecule has 7 nitrogen and oxygen atoms in total. The van der Waals surface area contributed by atoms with Crippen molar-refractivity contribution in [3.8, 4) is 0 Å². The quantitative estimate of drug-likeness (QED) is 0.482. The molecule has 0 bridgehead atoms. The van der Waals surface area contributed by atoms with Gasteiger partial charge in [0.2, 0.25) is 5.56 Å². The van der Waals surface area contributed by atoms with Crippen LogP contribution < -0.4 is 10.9 Å². The first-order valence-corrected chi connectivity index (χ1v) is 7.71. The van der Waals surface area contributed by atoms with E-state index in [1.165, 1.54) is 42.4 Å². The number of rotatable bonds is 5. The molecule has 9 heteroatoms. The van der Waals surface area contributed by atoms with Crippen molar-refractivity contribution in [2.75, 3.05) is 12.3 Å². The zero-order valence-electron chi connectivity index (χ0n) is 11.8. The van der Waals surface area contributed by atoms with E-state index in [0.717, 1.165) is 0 Å². The third-order valence-corrected chi connectivity index (χ3v) is 3.95. The molecular formula is C14H12FN5O2S. The highest BCUT2D eigenvalue weighted by Crippen LogP contribution is 2.16. The van der Waals surface area contributed by atoms with E-state index >= 15 is 0 Å². The van der Waals surface area contributed by atoms with E-state index in [-0.39, 0.29) is 5.56 Å². The van der Waals surface area contributed by atoms with Crippen LogP contribution in [0.1, 0.15) is 10.4 Å². The number of carbonyl (C=O) groups excluding carboxylic acids is 1. The maximum atomic E-state index is 13.4. The second-order valence-corrected chi connectivity index (χ2v) is 5.72. The number of benzene rings is 1. The first kappa shape index (κ1) is 15.2. The van der Waals surface area contributed by atoms with Gasteiger partial charge in [0.15, 0.2) is 5.16 Å². The van der Waals surface area contributed by atoms with E-state index in [0.29, 0.717) is 28.4 Å². The van der Waals surface area contributed by atoms with E-state index in [2.05, 4.69) is 25.5 Å². The molecule has 0 unspecified atom stereocenters. The maximum Gasteiger partial charge on any atom is 0.252 e. The molecule has 0 radical (unpaired) electrons. The van der Waals surface area contributed by atoms with Crippen molar-refractivity contribution < 1.29 is 9.18 Å². The molecular weight excluding hydrogens is 321 g/mol. The molecule has 1 amide bonds. The van der Waals surface area contributed by atoms with Crippen LogP contribution >= 0.6 is 11.8 Å². The normalized spacial score (nSPS) is 10.8. The highest BCUT2D eigenvalue weighted by molar-refractivity contribution is 7.99. The standard InChI is InChI=1S/C14H12FN5O2S/c15-8-1-2-11-9(5-8)10(6-12(21)19-11)13(22)16-3-4-23-14-17-7-18-20-14/h1-2,5-7H,3-4H2,(H,16,22)(H,19,21)(H,17,18,20). The van der Waals surface area contributed by atoms with Crippen molar-refractivity contribution in [1.82, 2.24) is 25.5 Å². The van der Waals surface area contributed by atoms with Gasteiger partial charge in [0.25, 0.3) is 5.91 Å². The molecule has 0 saturated heterocycles. The van der Waals surface area contributed by atoms with Crippen molar-refractivity contribution in [2.45, 2.75) is 5.16 Å². The van der Waals surface area contributed by atoms with E-state index in [1.54, 1.807) is 0 Å². The average molecular weight is 333 g/mol. The van der Waals surface area contributed by atoms with Gasteiger partial charge in [0.05, 0.1) is 5.56 Å². The van der Waals surface area contributed by atoms with Gasteiger partial charge in [-0.25, -0.2) is 9.37 Å². The number of amides is 1. The summed E-state index contributed by atoms with van der Waals surface area (Å²) in [5, 5.41) is 10.1. The predicted molar refractivity (Wildman–Crippen MR) is 84.0 cm³/mol. The zero-order chi connectivity index (χ0) is 16.2. The third kappa shape index (κ3) is 3.57. The summed E-state index contributed by atoms with van der Waals surface area (Å²) in [6.45, 7) is 0.369. The van der Waals surface area contributed by atoms with Gasteiger partial charge >= 0.3 is 0 Å². The largest absolute Gasteiger partial charge is 0.351 e. The summed E-state index contributed by atoms with van der Waals surface area (Å²) in [5.74, 6) is -0.319. The lowest BCUT2D eigenvalue weighted by atomic mass is 10.1. The molecule has 0 fully saturated rings. The molecule has 0 aliphatic carbocycles. The molecule has 2 heterocycles. The van der Waals surface area contributed by atoms with Crippen LogP contribution in [0.4, 0.5) is 4.39 Å². The SMILES string of the molecule is O=C(NCCSc1ncn[nH]1)c1cc(=O)[nH]c2ccc(F)cc12. The minimum atomic E-state index is -0.473. The number of fused-ring (bicyclic) bond motifs is 1. The Morgan fingerprint density at radius 1 is 1.35 bits per heavy atom. The third-order valence-electron chi connectivity index (χ3n) is 3.07. The lowest BCUT2D eigenvalue weighted by molar-refractivity contribution is 0.0957. The van der Waals surface area contributed by atoms with Crippen LogP contribution in [-0.2, 0) is 0 Å². The Morgan fingerprint density at radius 3 is 3.00 bits per heavy atom. The highest BCUT2D eigenvalue weighted by atomic mass is 32.2. The molecule has 3 rings (SSSR count). The number of halogens is 1. The molecule has 0 aliphatic heterocycles. The van der Waals surface area contributed by atoms with E-state index < -0.39 is 17.3 Å². The minimum Gasteiger partial charge on any atom is -0.351 e. The van der Waals surface area contributed by atoms with Crippen LogP contribution in [0.3, 0.4) is 0 Å². The fraction of sp³-hybridized carbons (Fsp3) is 0.143. The van der Waals surface area contributed by atoms with Gasteiger partial charge in [-0.1, -0.05) is 11.8 Å². The number of pyridine rings is 1. The monoisotopic (exact) mass is 333 g/mol. The van der Waals surface area contributed by atoms with Crippen LogP contribution in [0.2, 0.25) is 0 Å². The van der Waals surface area contributed by atoms with Crippen molar-refractivity contribution in [2.24, 2.45) is 0 Å². The summed E-state index contributed by atoms with van der Waals surface area (Å²) in [4.78, 5) is 30.4. The zero-order valence-corrected chi connectivity index (χ0v) is 12.6. The Balaban J connectivity index is 1.72. The molecule has 23 heavy (non-hydrogen) atoms. The summed E-state index contributed by atoms with van der Waals surface area (Å²) in [7, 11) is 0. The predicted octanol–water partition coefficient (Wildman–Crippen LogP) is 1.31. The molecule has 1 aromatic carbocycles. The minimum absolute atomic E-state index is 0.146. The van der Waals surface area contributed by atoms with Gasteiger partial charge in [-0.05, 0) is 18.2 Å². The van der Waals surface area contributed by atoms with Gasteiger partial charge in [-0.15, -0.1) is 0 Å². The molecule has 3 aromatic rings. The van der Waals surface area contributed by atoms with Gasteiger partial charge < -0.3 is 10.3 Å². The van der Waals surface area contributed by atoms with Crippen LogP contribution in [0.15, 0.2) is 40.5 Å². The van der Waals surface area contributed by atoms with E-state index in [4.69, 9.17) is 0 Å². The number of hydrogen-bond donors (Lipinski definition) is 3. The van der Waals surface area contributed by atoms with Crippen molar-refractivity contribution >= 4 is 28.6 Å². The number of H-pyrrole nitrogens is 2. The molecule has 0 spiro atoms. The highest BCUT2D eigenvalue weighted by Gasteiger charge is 2.12. The number of aromatic amines is 2.